The molecule has 0 aromatic rings. The van der Waals surface area contributed by atoms with Crippen LogP contribution in [0.2, 0.25) is 0 Å². The molecule has 2 N–H and O–H groups in total. The highest BCUT2D eigenvalue weighted by atomic mass is 16.3. The van der Waals surface area contributed by atoms with E-state index >= 15 is 0 Å². The highest BCUT2D eigenvalue weighted by Crippen LogP contribution is 2.28. The summed E-state index contributed by atoms with van der Waals surface area (Å²) >= 11 is 0. The molecule has 0 atom stereocenters. The van der Waals surface area contributed by atoms with Crippen molar-refractivity contribution in [3.8, 4) is 0 Å². The van der Waals surface area contributed by atoms with E-state index in [0.717, 1.165) is 19.0 Å². The van der Waals surface area contributed by atoms with Gasteiger partial charge in [-0.05, 0) is 19.3 Å². The fourth-order valence-corrected chi connectivity index (χ4v) is 1.85. The van der Waals surface area contributed by atoms with E-state index in [1.165, 1.54) is 12.8 Å². The zero-order valence-electron chi connectivity index (χ0n) is 8.66. The van der Waals surface area contributed by atoms with E-state index in [9.17, 15) is 0 Å². The lowest BCUT2D eigenvalue weighted by Crippen LogP contribution is -2.61. The van der Waals surface area contributed by atoms with Gasteiger partial charge in [-0.2, -0.15) is 0 Å². The van der Waals surface area contributed by atoms with Crippen LogP contribution in [0.4, 0.5) is 0 Å². The third-order valence-electron chi connectivity index (χ3n) is 3.10. The van der Waals surface area contributed by atoms with Crippen LogP contribution >= 0.6 is 0 Å². The number of hydrogen-bond donors (Lipinski definition) is 2. The van der Waals surface area contributed by atoms with Crippen LogP contribution in [0, 0.1) is 5.92 Å². The van der Waals surface area contributed by atoms with Crippen molar-refractivity contribution < 1.29 is 10.2 Å². The zero-order chi connectivity index (χ0) is 9.90. The molecule has 0 aromatic heterocycles. The average molecular weight is 187 g/mol. The second-order valence-electron chi connectivity index (χ2n) is 4.37. The molecular weight excluding hydrogens is 166 g/mol. The van der Waals surface area contributed by atoms with Gasteiger partial charge >= 0.3 is 0 Å². The topological polar surface area (TPSA) is 43.7 Å². The van der Waals surface area contributed by atoms with E-state index < -0.39 is 5.54 Å². The van der Waals surface area contributed by atoms with Crippen molar-refractivity contribution in [2.45, 2.75) is 32.2 Å². The van der Waals surface area contributed by atoms with Crippen molar-refractivity contribution in [2.75, 3.05) is 26.3 Å². The average Bonchev–Trinajstić information content (AvgIpc) is 2.09. The van der Waals surface area contributed by atoms with Crippen molar-refractivity contribution >= 4 is 0 Å². The Morgan fingerprint density at radius 2 is 1.85 bits per heavy atom. The highest BCUT2D eigenvalue weighted by molar-refractivity contribution is 4.93. The Morgan fingerprint density at radius 1 is 1.31 bits per heavy atom. The first-order valence-electron chi connectivity index (χ1n) is 5.13. The molecule has 1 aliphatic heterocycles. The smallest absolute Gasteiger partial charge is 0.0644 e. The summed E-state index contributed by atoms with van der Waals surface area (Å²) in [6.07, 6.45) is 2.50. The quantitative estimate of drug-likeness (QED) is 0.657. The van der Waals surface area contributed by atoms with Gasteiger partial charge in [0, 0.05) is 13.1 Å². The minimum Gasteiger partial charge on any atom is -0.394 e. The number of rotatable bonds is 5. The normalized spacial score (nSPS) is 20.3. The minimum atomic E-state index is -0.399. The lowest BCUT2D eigenvalue weighted by Gasteiger charge is -2.49. The molecule has 1 aliphatic rings. The molecule has 0 bridgehead atoms. The molecule has 1 saturated heterocycles. The van der Waals surface area contributed by atoms with E-state index in [1.54, 1.807) is 0 Å². The summed E-state index contributed by atoms with van der Waals surface area (Å²) in [6, 6.07) is 0. The molecule has 78 valence electrons. The Morgan fingerprint density at radius 3 is 2.23 bits per heavy atom. The number of aliphatic hydroxyl groups excluding tert-OH is 2. The van der Waals surface area contributed by atoms with Crippen molar-refractivity contribution in [1.29, 1.82) is 0 Å². The van der Waals surface area contributed by atoms with Gasteiger partial charge in [-0.15, -0.1) is 0 Å². The number of nitrogens with zero attached hydrogens (tertiary/aromatic N) is 1. The maximum absolute atomic E-state index is 9.14. The first-order chi connectivity index (χ1) is 6.16. The summed E-state index contributed by atoms with van der Waals surface area (Å²) in [5.74, 6) is 0.780. The second kappa shape index (κ2) is 4.40. The van der Waals surface area contributed by atoms with Crippen LogP contribution in [-0.2, 0) is 0 Å². The molecule has 0 radical (unpaired) electrons. The molecule has 13 heavy (non-hydrogen) atoms. The Labute approximate surface area is 80.4 Å². The van der Waals surface area contributed by atoms with Crippen molar-refractivity contribution in [1.82, 2.24) is 4.90 Å². The maximum Gasteiger partial charge on any atom is 0.0644 e. The highest BCUT2D eigenvalue weighted by Gasteiger charge is 2.38. The number of hydrogen-bond acceptors (Lipinski definition) is 3. The molecule has 0 unspecified atom stereocenters. The Balaban J connectivity index is 2.32. The second-order valence-corrected chi connectivity index (χ2v) is 4.37. The van der Waals surface area contributed by atoms with E-state index in [2.05, 4.69) is 11.8 Å². The minimum absolute atomic E-state index is 0.0440. The van der Waals surface area contributed by atoms with Crippen LogP contribution in [-0.4, -0.2) is 47.0 Å². The summed E-state index contributed by atoms with van der Waals surface area (Å²) < 4.78 is 0. The fourth-order valence-electron chi connectivity index (χ4n) is 1.85. The first kappa shape index (κ1) is 11.0. The van der Waals surface area contributed by atoms with E-state index in [4.69, 9.17) is 10.2 Å². The van der Waals surface area contributed by atoms with Crippen LogP contribution < -0.4 is 0 Å². The van der Waals surface area contributed by atoms with Gasteiger partial charge in [-0.25, -0.2) is 0 Å². The van der Waals surface area contributed by atoms with Gasteiger partial charge in [0.2, 0.25) is 0 Å². The van der Waals surface area contributed by atoms with E-state index in [-0.39, 0.29) is 13.2 Å². The number of aliphatic hydroxyl groups is 2. The molecule has 0 amide bonds. The molecule has 1 rings (SSSR count). The van der Waals surface area contributed by atoms with Crippen molar-refractivity contribution in [3.05, 3.63) is 0 Å². The largest absolute Gasteiger partial charge is 0.394 e. The van der Waals surface area contributed by atoms with Gasteiger partial charge in [-0.1, -0.05) is 13.3 Å². The van der Waals surface area contributed by atoms with Gasteiger partial charge < -0.3 is 10.2 Å². The number of likely N-dealkylation sites (tertiary alicyclic amines) is 1. The van der Waals surface area contributed by atoms with E-state index in [0.29, 0.717) is 0 Å². The third-order valence-corrected chi connectivity index (χ3v) is 3.10. The Bertz CT molecular complexity index is 151. The summed E-state index contributed by atoms with van der Waals surface area (Å²) in [7, 11) is 0. The van der Waals surface area contributed by atoms with Crippen molar-refractivity contribution in [3.63, 3.8) is 0 Å². The standard InChI is InChI=1S/C10H21NO2/c1-3-4-9-5-11(6-9)10(2,7-12)8-13/h9,12-13H,3-8H2,1-2H3. The van der Waals surface area contributed by atoms with Gasteiger partial charge in [0.25, 0.3) is 0 Å². The monoisotopic (exact) mass is 187 g/mol. The molecule has 1 fully saturated rings. The van der Waals surface area contributed by atoms with Crippen LogP contribution in [0.5, 0.6) is 0 Å². The Kier molecular flexibility index (Phi) is 3.71. The van der Waals surface area contributed by atoms with Gasteiger partial charge in [0.15, 0.2) is 0 Å². The van der Waals surface area contributed by atoms with Crippen LogP contribution in [0.25, 0.3) is 0 Å². The van der Waals surface area contributed by atoms with Crippen LogP contribution in [0.1, 0.15) is 26.7 Å². The molecule has 0 saturated carbocycles. The lowest BCUT2D eigenvalue weighted by atomic mass is 9.88. The third kappa shape index (κ3) is 2.22. The van der Waals surface area contributed by atoms with Gasteiger partial charge in [0.05, 0.1) is 18.8 Å². The first-order valence-corrected chi connectivity index (χ1v) is 5.13. The Hall–Kier alpha value is -0.120. The molecule has 0 aliphatic carbocycles. The molecule has 3 heteroatoms. The summed E-state index contributed by atoms with van der Waals surface area (Å²) in [5, 5.41) is 18.3. The molecule has 0 aromatic carbocycles. The van der Waals surface area contributed by atoms with Crippen LogP contribution in [0.3, 0.4) is 0 Å². The molecular formula is C10H21NO2. The summed E-state index contributed by atoms with van der Waals surface area (Å²) in [6.45, 7) is 6.26. The molecule has 1 heterocycles. The SMILES string of the molecule is CCCC1CN(C(C)(CO)CO)C1. The zero-order valence-corrected chi connectivity index (χ0v) is 8.66. The predicted octanol–water partition coefficient (Wildman–Crippen LogP) is 0.462. The summed E-state index contributed by atoms with van der Waals surface area (Å²) in [4.78, 5) is 2.17. The predicted molar refractivity (Wildman–Crippen MR) is 52.5 cm³/mol. The maximum atomic E-state index is 9.14. The molecule has 3 nitrogen and oxygen atoms in total. The van der Waals surface area contributed by atoms with Crippen molar-refractivity contribution in [2.24, 2.45) is 5.92 Å². The lowest BCUT2D eigenvalue weighted by molar-refractivity contribution is -0.0651. The fraction of sp³-hybridized carbons (Fsp3) is 1.00. The van der Waals surface area contributed by atoms with Crippen LogP contribution in [0.15, 0.2) is 0 Å². The van der Waals surface area contributed by atoms with Gasteiger partial charge in [-0.3, -0.25) is 4.90 Å². The van der Waals surface area contributed by atoms with Gasteiger partial charge in [0.1, 0.15) is 0 Å². The molecule has 0 spiro atoms. The summed E-state index contributed by atoms with van der Waals surface area (Å²) in [5.41, 5.74) is -0.399. The van der Waals surface area contributed by atoms with E-state index in [1.807, 2.05) is 6.92 Å².